The minimum Gasteiger partial charge on any atom is -0.484 e. The second-order valence-corrected chi connectivity index (χ2v) is 11.2. The highest BCUT2D eigenvalue weighted by atomic mass is 32.1. The number of rotatable bonds is 14. The monoisotopic (exact) mass is 636 g/mol. The van der Waals surface area contributed by atoms with E-state index < -0.39 is 31.1 Å². The normalized spacial score (nSPS) is 11.7. The number of hydrogen-bond acceptors (Lipinski definition) is 7. The Morgan fingerprint density at radius 2 is 1.67 bits per heavy atom. The number of carboxylic acid groups (broad SMARTS) is 1. The lowest BCUT2D eigenvalue weighted by atomic mass is 10.0. The van der Waals surface area contributed by atoms with Crippen molar-refractivity contribution < 1.29 is 29.3 Å². The van der Waals surface area contributed by atoms with Gasteiger partial charge in [-0.15, -0.1) is 11.3 Å². The summed E-state index contributed by atoms with van der Waals surface area (Å²) in [6.45, 7) is -0.565. The molecular formula is C35H32N4O6S. The molecule has 0 fully saturated rings. The third kappa shape index (κ3) is 8.56. The lowest BCUT2D eigenvalue weighted by molar-refractivity contribution is -0.143. The molecule has 0 aliphatic carbocycles. The van der Waals surface area contributed by atoms with E-state index in [4.69, 9.17) is 19.9 Å². The fourth-order valence-corrected chi connectivity index (χ4v) is 5.60. The maximum atomic E-state index is 12.3. The van der Waals surface area contributed by atoms with Gasteiger partial charge < -0.3 is 30.6 Å². The van der Waals surface area contributed by atoms with Crippen LogP contribution in [0.15, 0.2) is 103 Å². The van der Waals surface area contributed by atoms with E-state index in [9.17, 15) is 14.4 Å². The fourth-order valence-electron chi connectivity index (χ4n) is 4.52. The predicted molar refractivity (Wildman–Crippen MR) is 177 cm³/mol. The molecule has 2 heterocycles. The van der Waals surface area contributed by atoms with E-state index >= 15 is 0 Å². The number of aliphatic carboxylic acids is 1. The molecular weight excluding hydrogens is 604 g/mol. The molecule has 2 aromatic heterocycles. The van der Waals surface area contributed by atoms with Crippen molar-refractivity contribution in [1.82, 2.24) is 20.6 Å². The first-order chi connectivity index (χ1) is 22.4. The Kier molecular flexibility index (Phi) is 10.7. The van der Waals surface area contributed by atoms with Crippen LogP contribution in [0.1, 0.15) is 11.1 Å². The van der Waals surface area contributed by atoms with Crippen molar-refractivity contribution in [2.45, 2.75) is 12.5 Å². The number of nitrogens with one attached hydrogen (secondary N) is 3. The molecule has 5 N–H and O–H groups in total. The van der Waals surface area contributed by atoms with E-state index in [2.05, 4.69) is 15.6 Å². The maximum Gasteiger partial charge on any atom is 0.328 e. The van der Waals surface area contributed by atoms with Gasteiger partial charge in [0.1, 0.15) is 16.8 Å². The summed E-state index contributed by atoms with van der Waals surface area (Å²) in [7, 11) is 0. The maximum absolute atomic E-state index is 12.3. The molecule has 5 rings (SSSR count). The number of hydrogen-bond donors (Lipinski definition) is 5. The number of H-pyrrole nitrogens is 1. The summed E-state index contributed by atoms with van der Waals surface area (Å²) in [5.41, 5.74) is 5.52. The van der Waals surface area contributed by atoms with Gasteiger partial charge in [-0.25, -0.2) is 9.78 Å². The number of benzene rings is 3. The Balaban J connectivity index is 1.26. The van der Waals surface area contributed by atoms with Crippen LogP contribution in [0.2, 0.25) is 0 Å². The van der Waals surface area contributed by atoms with Crippen molar-refractivity contribution in [2.24, 2.45) is 0 Å². The fraction of sp³-hybridized carbons (Fsp3) is 0.143. The molecule has 2 amide bonds. The standard InChI is InChI=1S/C35H32N4O6S/c40-21-29(35(43)44)38-31(42)22-45-27-15-13-25(14-16-27)32-33(46-34(39-32)28-7-4-19-36-28)26-11-8-24(9-12-26)10-17-30(41)37-20-18-23-5-2-1-3-6-23/h1-17,19,29,36,40H,18,20-22H2,(H,37,41)(H,38,42)(H,43,44)/b17-10+/t29-/m0/s1. The van der Waals surface area contributed by atoms with Crippen LogP contribution in [0.4, 0.5) is 0 Å². The molecule has 0 aliphatic heterocycles. The zero-order valence-corrected chi connectivity index (χ0v) is 25.5. The van der Waals surface area contributed by atoms with Gasteiger partial charge in [0.15, 0.2) is 6.61 Å². The van der Waals surface area contributed by atoms with Gasteiger partial charge in [0.2, 0.25) is 5.91 Å². The highest BCUT2D eigenvalue weighted by molar-refractivity contribution is 7.18. The van der Waals surface area contributed by atoms with E-state index in [-0.39, 0.29) is 5.91 Å². The highest BCUT2D eigenvalue weighted by Gasteiger charge is 2.19. The van der Waals surface area contributed by atoms with Crippen molar-refractivity contribution in [1.29, 1.82) is 0 Å². The Bertz CT molecular complexity index is 1780. The summed E-state index contributed by atoms with van der Waals surface area (Å²) >= 11 is 1.55. The molecule has 46 heavy (non-hydrogen) atoms. The Hall–Kier alpha value is -5.52. The van der Waals surface area contributed by atoms with E-state index in [1.807, 2.05) is 85.1 Å². The van der Waals surface area contributed by atoms with Gasteiger partial charge in [0.05, 0.1) is 22.9 Å². The summed E-state index contributed by atoms with van der Waals surface area (Å²) in [6, 6.07) is 27.5. The van der Waals surface area contributed by atoms with Gasteiger partial charge in [-0.05, 0) is 65.6 Å². The summed E-state index contributed by atoms with van der Waals surface area (Å²) in [4.78, 5) is 44.5. The first kappa shape index (κ1) is 31.9. The average Bonchev–Trinajstić information content (AvgIpc) is 3.77. The summed E-state index contributed by atoms with van der Waals surface area (Å²) in [6.07, 6.45) is 5.93. The van der Waals surface area contributed by atoms with Gasteiger partial charge in [-0.3, -0.25) is 9.59 Å². The third-order valence-electron chi connectivity index (χ3n) is 6.92. The third-order valence-corrected chi connectivity index (χ3v) is 8.06. The number of carbonyl (C=O) groups is 3. The highest BCUT2D eigenvalue weighted by Crippen LogP contribution is 2.40. The number of amides is 2. The zero-order valence-electron chi connectivity index (χ0n) is 24.7. The summed E-state index contributed by atoms with van der Waals surface area (Å²) in [5, 5.41) is 24.0. The number of aromatic amines is 1. The largest absolute Gasteiger partial charge is 0.484 e. The average molecular weight is 637 g/mol. The summed E-state index contributed by atoms with van der Waals surface area (Å²) in [5.74, 6) is -1.73. The van der Waals surface area contributed by atoms with Gasteiger partial charge in [-0.2, -0.15) is 0 Å². The molecule has 1 atom stereocenters. The molecule has 10 nitrogen and oxygen atoms in total. The van der Waals surface area contributed by atoms with Crippen molar-refractivity contribution in [3.05, 3.63) is 114 Å². The van der Waals surface area contributed by atoms with Crippen LogP contribution in [-0.2, 0) is 20.8 Å². The molecule has 234 valence electrons. The molecule has 5 aromatic rings. The number of aliphatic hydroxyl groups excluding tert-OH is 1. The number of thiazole rings is 1. The quantitative estimate of drug-likeness (QED) is 0.110. The van der Waals surface area contributed by atoms with E-state index in [0.717, 1.165) is 44.4 Å². The number of ether oxygens (including phenoxy) is 1. The number of aliphatic hydroxyl groups is 1. The second-order valence-electron chi connectivity index (χ2n) is 10.2. The Morgan fingerprint density at radius 1 is 0.935 bits per heavy atom. The molecule has 0 spiro atoms. The molecule has 0 bridgehead atoms. The van der Waals surface area contributed by atoms with Crippen LogP contribution < -0.4 is 15.4 Å². The summed E-state index contributed by atoms with van der Waals surface area (Å²) < 4.78 is 5.51. The number of carboxylic acids is 1. The predicted octanol–water partition coefficient (Wildman–Crippen LogP) is 4.78. The lowest BCUT2D eigenvalue weighted by Crippen LogP contribution is -2.45. The molecule has 3 aromatic carbocycles. The van der Waals surface area contributed by atoms with Gasteiger partial charge >= 0.3 is 5.97 Å². The van der Waals surface area contributed by atoms with Crippen LogP contribution in [-0.4, -0.2) is 63.8 Å². The SMILES string of the molecule is O=C(/C=C/c1ccc(-c2sc(-c3ccc[nH]3)nc2-c2ccc(OCC(=O)N[C@@H](CO)C(=O)O)cc2)cc1)NCCc1ccccc1. The zero-order chi connectivity index (χ0) is 32.3. The smallest absolute Gasteiger partial charge is 0.328 e. The molecule has 11 heteroatoms. The van der Waals surface area contributed by atoms with Crippen LogP contribution in [0.5, 0.6) is 5.75 Å². The number of nitrogens with zero attached hydrogens (tertiary/aromatic N) is 1. The van der Waals surface area contributed by atoms with Gasteiger partial charge in [0.25, 0.3) is 5.91 Å². The lowest BCUT2D eigenvalue weighted by Gasteiger charge is -2.12. The first-order valence-electron chi connectivity index (χ1n) is 14.5. The first-order valence-corrected chi connectivity index (χ1v) is 15.3. The molecule has 0 aliphatic rings. The topological polar surface area (TPSA) is 154 Å². The molecule has 0 saturated carbocycles. The molecule has 0 radical (unpaired) electrons. The van der Waals surface area contributed by atoms with Crippen LogP contribution in [0.3, 0.4) is 0 Å². The van der Waals surface area contributed by atoms with Crippen LogP contribution in [0, 0.1) is 0 Å². The van der Waals surface area contributed by atoms with Crippen molar-refractivity contribution in [3.8, 4) is 38.1 Å². The van der Waals surface area contributed by atoms with Crippen LogP contribution in [0.25, 0.3) is 38.5 Å². The number of aromatic nitrogens is 2. The van der Waals surface area contributed by atoms with Crippen molar-refractivity contribution >= 4 is 35.2 Å². The second kappa shape index (κ2) is 15.5. The van der Waals surface area contributed by atoms with Gasteiger partial charge in [-0.1, -0.05) is 54.6 Å². The van der Waals surface area contributed by atoms with E-state index in [1.54, 1.807) is 29.5 Å². The minimum absolute atomic E-state index is 0.150. The Morgan fingerprint density at radius 3 is 2.35 bits per heavy atom. The molecule has 0 unspecified atom stereocenters. The minimum atomic E-state index is -1.39. The van der Waals surface area contributed by atoms with Crippen molar-refractivity contribution in [3.63, 3.8) is 0 Å². The van der Waals surface area contributed by atoms with Crippen LogP contribution >= 0.6 is 11.3 Å². The van der Waals surface area contributed by atoms with Gasteiger partial charge in [0, 0.05) is 24.4 Å². The van der Waals surface area contributed by atoms with Crippen molar-refractivity contribution in [2.75, 3.05) is 19.8 Å². The van der Waals surface area contributed by atoms with E-state index in [1.165, 1.54) is 11.6 Å². The Labute approximate surface area is 269 Å². The van der Waals surface area contributed by atoms with E-state index in [0.29, 0.717) is 12.3 Å². The number of carbonyl (C=O) groups excluding carboxylic acids is 2. The molecule has 0 saturated heterocycles.